The molecule has 0 N–H and O–H groups in total. The highest BCUT2D eigenvalue weighted by molar-refractivity contribution is 5.94. The minimum atomic E-state index is -0.977. The molecule has 108 valence electrons. The van der Waals surface area contributed by atoms with E-state index < -0.39 is 16.4 Å². The number of nitrogens with zero attached hydrogens (tertiary/aromatic N) is 2. The maximum atomic E-state index is 13.5. The normalized spacial score (nSPS) is 15.3. The highest BCUT2D eigenvalue weighted by atomic mass is 19.1. The van der Waals surface area contributed by atoms with Gasteiger partial charge in [-0.2, -0.15) is 4.39 Å². The smallest absolute Gasteiger partial charge is 0.304 e. The Hall–Kier alpha value is -1.98. The van der Waals surface area contributed by atoms with E-state index in [-0.39, 0.29) is 11.5 Å². The lowest BCUT2D eigenvalue weighted by atomic mass is 10.1. The van der Waals surface area contributed by atoms with Gasteiger partial charge in [-0.15, -0.1) is 0 Å². The number of hydrogen-bond donors (Lipinski definition) is 0. The molecule has 0 atom stereocenters. The Kier molecular flexibility index (Phi) is 4.32. The molecule has 5 nitrogen and oxygen atoms in total. The Bertz CT molecular complexity index is 527. The van der Waals surface area contributed by atoms with Crippen LogP contribution in [-0.4, -0.2) is 29.3 Å². The fourth-order valence-corrected chi connectivity index (χ4v) is 2.67. The van der Waals surface area contributed by atoms with Crippen LogP contribution < -0.4 is 0 Å². The molecule has 0 saturated heterocycles. The zero-order valence-corrected chi connectivity index (χ0v) is 11.3. The van der Waals surface area contributed by atoms with E-state index >= 15 is 0 Å². The van der Waals surface area contributed by atoms with E-state index in [1.165, 1.54) is 18.9 Å². The van der Waals surface area contributed by atoms with E-state index in [1.54, 1.807) is 11.9 Å². The molecule has 1 fully saturated rings. The lowest BCUT2D eigenvalue weighted by Crippen LogP contribution is -2.31. The molecule has 1 aromatic carbocycles. The molecule has 0 aliphatic heterocycles. The summed E-state index contributed by atoms with van der Waals surface area (Å²) in [4.78, 5) is 23.5. The molecule has 0 heterocycles. The lowest BCUT2D eigenvalue weighted by molar-refractivity contribution is -0.387. The van der Waals surface area contributed by atoms with Crippen LogP contribution in [0.2, 0.25) is 0 Å². The average molecular weight is 280 g/mol. The molecule has 1 saturated carbocycles. The van der Waals surface area contributed by atoms with Gasteiger partial charge in [0, 0.05) is 25.2 Å². The number of nitro groups is 1. The van der Waals surface area contributed by atoms with Gasteiger partial charge in [0.05, 0.1) is 4.92 Å². The molecule has 0 spiro atoms. The quantitative estimate of drug-likeness (QED) is 0.629. The van der Waals surface area contributed by atoms with Gasteiger partial charge in [-0.25, -0.2) is 0 Å². The van der Waals surface area contributed by atoms with Crippen LogP contribution >= 0.6 is 0 Å². The summed E-state index contributed by atoms with van der Waals surface area (Å²) in [6.45, 7) is 0.650. The number of amides is 1. The number of nitro benzene ring substituents is 1. The lowest BCUT2D eigenvalue weighted by Gasteiger charge is -2.21. The van der Waals surface area contributed by atoms with Crippen LogP contribution in [0.25, 0.3) is 0 Å². The number of carbonyl (C=O) groups excluding carboxylic acids is 1. The first-order valence-electron chi connectivity index (χ1n) is 6.68. The van der Waals surface area contributed by atoms with Gasteiger partial charge in [0.25, 0.3) is 5.91 Å². The molecule has 1 aliphatic rings. The summed E-state index contributed by atoms with van der Waals surface area (Å²) in [5.41, 5.74) is -0.464. The van der Waals surface area contributed by atoms with Crippen LogP contribution in [0.15, 0.2) is 18.2 Å². The second kappa shape index (κ2) is 5.98. The summed E-state index contributed by atoms with van der Waals surface area (Å²) in [5, 5.41) is 10.5. The fraction of sp³-hybridized carbons (Fsp3) is 0.500. The summed E-state index contributed by atoms with van der Waals surface area (Å²) >= 11 is 0. The first-order valence-corrected chi connectivity index (χ1v) is 6.68. The maximum Gasteiger partial charge on any atom is 0.304 e. The third-order valence-electron chi connectivity index (χ3n) is 3.74. The van der Waals surface area contributed by atoms with Gasteiger partial charge in [0.2, 0.25) is 5.82 Å². The Labute approximate surface area is 116 Å². The minimum absolute atomic E-state index is 0.147. The van der Waals surface area contributed by atoms with Crippen molar-refractivity contribution >= 4 is 11.6 Å². The van der Waals surface area contributed by atoms with E-state index in [1.807, 2.05) is 0 Å². The summed E-state index contributed by atoms with van der Waals surface area (Å²) in [5.74, 6) is -0.771. The number of hydrogen-bond acceptors (Lipinski definition) is 3. The Morgan fingerprint density at radius 1 is 1.45 bits per heavy atom. The Morgan fingerprint density at radius 3 is 2.65 bits per heavy atom. The molecule has 0 bridgehead atoms. The van der Waals surface area contributed by atoms with E-state index in [9.17, 15) is 19.3 Å². The average Bonchev–Trinajstić information content (AvgIpc) is 2.90. The van der Waals surface area contributed by atoms with Crippen molar-refractivity contribution in [3.8, 4) is 0 Å². The van der Waals surface area contributed by atoms with Crippen molar-refractivity contribution in [1.82, 2.24) is 4.90 Å². The van der Waals surface area contributed by atoms with Crippen molar-refractivity contribution in [2.45, 2.75) is 25.7 Å². The van der Waals surface area contributed by atoms with Crippen LogP contribution in [0, 0.1) is 21.8 Å². The number of carbonyl (C=O) groups is 1. The zero-order chi connectivity index (χ0) is 14.7. The summed E-state index contributed by atoms with van der Waals surface area (Å²) < 4.78 is 13.5. The molecular formula is C14H17FN2O3. The van der Waals surface area contributed by atoms with Gasteiger partial charge in [-0.1, -0.05) is 12.8 Å². The van der Waals surface area contributed by atoms with E-state index in [2.05, 4.69) is 0 Å². The summed E-state index contributed by atoms with van der Waals surface area (Å²) in [6.07, 6.45) is 4.62. The predicted molar refractivity (Wildman–Crippen MR) is 72.0 cm³/mol. The fourth-order valence-electron chi connectivity index (χ4n) is 2.67. The van der Waals surface area contributed by atoms with Gasteiger partial charge in [0.1, 0.15) is 0 Å². The third-order valence-corrected chi connectivity index (χ3v) is 3.74. The first-order chi connectivity index (χ1) is 9.49. The predicted octanol–water partition coefficient (Wildman–Crippen LogP) is 3.00. The zero-order valence-electron chi connectivity index (χ0n) is 11.3. The van der Waals surface area contributed by atoms with Crippen molar-refractivity contribution < 1.29 is 14.1 Å². The van der Waals surface area contributed by atoms with E-state index in [0.29, 0.717) is 12.5 Å². The summed E-state index contributed by atoms with van der Waals surface area (Å²) in [7, 11) is 1.68. The summed E-state index contributed by atoms with van der Waals surface area (Å²) in [6, 6.07) is 3.27. The molecule has 20 heavy (non-hydrogen) atoms. The monoisotopic (exact) mass is 280 g/mol. The topological polar surface area (TPSA) is 63.5 Å². The van der Waals surface area contributed by atoms with Crippen LogP contribution in [0.3, 0.4) is 0 Å². The van der Waals surface area contributed by atoms with Crippen molar-refractivity contribution in [2.75, 3.05) is 13.6 Å². The van der Waals surface area contributed by atoms with Crippen molar-refractivity contribution in [2.24, 2.45) is 5.92 Å². The van der Waals surface area contributed by atoms with Gasteiger partial charge >= 0.3 is 5.69 Å². The molecule has 0 radical (unpaired) electrons. The molecule has 0 aromatic heterocycles. The van der Waals surface area contributed by atoms with Crippen LogP contribution in [0.4, 0.5) is 10.1 Å². The van der Waals surface area contributed by atoms with Gasteiger partial charge in [-0.3, -0.25) is 14.9 Å². The number of rotatable bonds is 4. The Morgan fingerprint density at radius 2 is 2.10 bits per heavy atom. The number of benzene rings is 1. The molecule has 1 aliphatic carbocycles. The molecule has 6 heteroatoms. The van der Waals surface area contributed by atoms with Crippen LogP contribution in [-0.2, 0) is 0 Å². The molecule has 0 unspecified atom stereocenters. The van der Waals surface area contributed by atoms with Crippen molar-refractivity contribution in [1.29, 1.82) is 0 Å². The van der Waals surface area contributed by atoms with Gasteiger partial charge < -0.3 is 4.90 Å². The largest absolute Gasteiger partial charge is 0.341 e. The van der Waals surface area contributed by atoms with Crippen LogP contribution in [0.1, 0.15) is 36.0 Å². The highest BCUT2D eigenvalue weighted by Gasteiger charge is 2.22. The van der Waals surface area contributed by atoms with Gasteiger partial charge in [-0.05, 0) is 30.9 Å². The molecular weight excluding hydrogens is 263 g/mol. The number of halogens is 1. The molecule has 1 aromatic rings. The van der Waals surface area contributed by atoms with Crippen molar-refractivity contribution in [3.05, 3.63) is 39.7 Å². The van der Waals surface area contributed by atoms with Crippen LogP contribution in [0.5, 0.6) is 0 Å². The minimum Gasteiger partial charge on any atom is -0.341 e. The second-order valence-electron chi connectivity index (χ2n) is 5.26. The second-order valence-corrected chi connectivity index (χ2v) is 5.26. The standard InChI is InChI=1S/C14H17FN2O3/c1-16(9-10-4-2-3-5-10)14(18)11-6-7-13(17(19)20)12(15)8-11/h6-8,10H,2-5,9H2,1H3. The maximum absolute atomic E-state index is 13.5. The third kappa shape index (κ3) is 3.12. The van der Waals surface area contributed by atoms with E-state index in [0.717, 1.165) is 25.0 Å². The van der Waals surface area contributed by atoms with Gasteiger partial charge in [0.15, 0.2) is 0 Å². The highest BCUT2D eigenvalue weighted by Crippen LogP contribution is 2.26. The molecule has 1 amide bonds. The van der Waals surface area contributed by atoms with E-state index in [4.69, 9.17) is 0 Å². The SMILES string of the molecule is CN(CC1CCCC1)C(=O)c1ccc([N+](=O)[O-])c(F)c1. The van der Waals surface area contributed by atoms with Crippen molar-refractivity contribution in [3.63, 3.8) is 0 Å². The first kappa shape index (κ1) is 14.4. The Balaban J connectivity index is 2.08. The molecule has 2 rings (SSSR count).